The van der Waals surface area contributed by atoms with Gasteiger partial charge in [-0.3, -0.25) is 4.98 Å². The van der Waals surface area contributed by atoms with E-state index in [1.807, 2.05) is 11.7 Å². The van der Waals surface area contributed by atoms with Crippen molar-refractivity contribution in [3.05, 3.63) is 16.6 Å². The van der Waals surface area contributed by atoms with E-state index in [0.717, 1.165) is 19.5 Å². The Morgan fingerprint density at radius 2 is 2.31 bits per heavy atom. The summed E-state index contributed by atoms with van der Waals surface area (Å²) < 4.78 is 0. The van der Waals surface area contributed by atoms with Crippen LogP contribution >= 0.6 is 11.3 Å². The van der Waals surface area contributed by atoms with Crippen molar-refractivity contribution in [2.45, 2.75) is 38.3 Å². The van der Waals surface area contributed by atoms with Crippen LogP contribution in [-0.4, -0.2) is 34.7 Å². The largest absolute Gasteiger partial charge is 0.393 e. The van der Waals surface area contributed by atoms with Crippen LogP contribution in [0.25, 0.3) is 0 Å². The normalized spacial score (nSPS) is 26.2. The van der Waals surface area contributed by atoms with E-state index in [2.05, 4.69) is 16.9 Å². The fraction of sp³-hybridized carbons (Fsp3) is 0.750. The Hall–Kier alpha value is -0.450. The van der Waals surface area contributed by atoms with Crippen LogP contribution in [0.4, 0.5) is 0 Å². The second-order valence-electron chi connectivity index (χ2n) is 4.78. The number of hydrogen-bond acceptors (Lipinski definition) is 4. The van der Waals surface area contributed by atoms with Gasteiger partial charge in [0.15, 0.2) is 0 Å². The summed E-state index contributed by atoms with van der Waals surface area (Å²) in [5.41, 5.74) is 1.87. The fourth-order valence-corrected chi connectivity index (χ4v) is 3.13. The SMILES string of the molecule is CN(Cc1cncs1)CC1CCCCC1O. The highest BCUT2D eigenvalue weighted by molar-refractivity contribution is 7.09. The summed E-state index contributed by atoms with van der Waals surface area (Å²) in [6.45, 7) is 1.95. The Labute approximate surface area is 101 Å². The Morgan fingerprint density at radius 1 is 1.50 bits per heavy atom. The number of nitrogens with zero attached hydrogens (tertiary/aromatic N) is 2. The van der Waals surface area contributed by atoms with Crippen LogP contribution in [0.5, 0.6) is 0 Å². The lowest BCUT2D eigenvalue weighted by Gasteiger charge is -2.30. The first kappa shape index (κ1) is 12.0. The van der Waals surface area contributed by atoms with E-state index in [0.29, 0.717) is 5.92 Å². The number of thiazole rings is 1. The lowest BCUT2D eigenvalue weighted by atomic mass is 9.86. The van der Waals surface area contributed by atoms with Crippen LogP contribution in [0.3, 0.4) is 0 Å². The second-order valence-corrected chi connectivity index (χ2v) is 5.75. The molecule has 2 rings (SSSR count). The molecule has 90 valence electrons. The molecule has 1 aromatic rings. The van der Waals surface area contributed by atoms with Gasteiger partial charge in [-0.25, -0.2) is 0 Å². The summed E-state index contributed by atoms with van der Waals surface area (Å²) in [5, 5.41) is 9.91. The Morgan fingerprint density at radius 3 is 3.00 bits per heavy atom. The van der Waals surface area contributed by atoms with Crippen molar-refractivity contribution < 1.29 is 5.11 Å². The molecule has 0 amide bonds. The van der Waals surface area contributed by atoms with Crippen LogP contribution < -0.4 is 0 Å². The molecule has 2 unspecified atom stereocenters. The van der Waals surface area contributed by atoms with E-state index in [-0.39, 0.29) is 6.10 Å². The van der Waals surface area contributed by atoms with Crippen LogP contribution in [-0.2, 0) is 6.54 Å². The fourth-order valence-electron chi connectivity index (χ4n) is 2.45. The Bertz CT molecular complexity index is 302. The molecule has 1 saturated carbocycles. The van der Waals surface area contributed by atoms with Gasteiger partial charge in [-0.15, -0.1) is 11.3 Å². The molecule has 0 saturated heterocycles. The predicted molar refractivity (Wildman–Crippen MR) is 66.4 cm³/mol. The molecule has 0 radical (unpaired) electrons. The summed E-state index contributed by atoms with van der Waals surface area (Å²) in [6.07, 6.45) is 6.47. The summed E-state index contributed by atoms with van der Waals surface area (Å²) in [5.74, 6) is 0.465. The molecule has 1 aliphatic rings. The number of aromatic nitrogens is 1. The zero-order chi connectivity index (χ0) is 11.4. The highest BCUT2D eigenvalue weighted by Crippen LogP contribution is 2.25. The van der Waals surface area contributed by atoms with Crippen molar-refractivity contribution in [3.8, 4) is 0 Å². The maximum atomic E-state index is 9.91. The highest BCUT2D eigenvalue weighted by atomic mass is 32.1. The summed E-state index contributed by atoms with van der Waals surface area (Å²) in [4.78, 5) is 7.68. The molecule has 0 spiro atoms. The second kappa shape index (κ2) is 5.75. The van der Waals surface area contributed by atoms with Crippen molar-refractivity contribution in [3.63, 3.8) is 0 Å². The topological polar surface area (TPSA) is 36.4 Å². The van der Waals surface area contributed by atoms with Crippen LogP contribution in [0.15, 0.2) is 11.7 Å². The van der Waals surface area contributed by atoms with Crippen molar-refractivity contribution in [1.29, 1.82) is 0 Å². The third kappa shape index (κ3) is 3.27. The molecule has 2 atom stereocenters. The molecule has 1 aromatic heterocycles. The maximum absolute atomic E-state index is 9.91. The number of aliphatic hydroxyl groups is 1. The van der Waals surface area contributed by atoms with Crippen LogP contribution in [0.1, 0.15) is 30.6 Å². The molecule has 1 aliphatic carbocycles. The van der Waals surface area contributed by atoms with Gasteiger partial charge in [0.05, 0.1) is 11.6 Å². The smallest absolute Gasteiger partial charge is 0.0794 e. The number of hydrogen-bond donors (Lipinski definition) is 1. The molecule has 1 heterocycles. The average Bonchev–Trinajstić information content (AvgIpc) is 2.74. The molecule has 1 fully saturated rings. The van der Waals surface area contributed by atoms with Crippen molar-refractivity contribution in [2.24, 2.45) is 5.92 Å². The van der Waals surface area contributed by atoms with Gasteiger partial charge in [-0.1, -0.05) is 12.8 Å². The summed E-state index contributed by atoms with van der Waals surface area (Å²) in [7, 11) is 2.13. The standard InChI is InChI=1S/C12H20N2OS/c1-14(8-11-6-13-9-16-11)7-10-4-2-3-5-12(10)15/h6,9-10,12,15H,2-5,7-8H2,1H3. The van der Waals surface area contributed by atoms with E-state index in [9.17, 15) is 5.11 Å². The molecule has 1 N–H and O–H groups in total. The van der Waals surface area contributed by atoms with Gasteiger partial charge in [0.1, 0.15) is 0 Å². The van der Waals surface area contributed by atoms with Gasteiger partial charge < -0.3 is 10.0 Å². The van der Waals surface area contributed by atoms with E-state index >= 15 is 0 Å². The maximum Gasteiger partial charge on any atom is 0.0794 e. The van der Waals surface area contributed by atoms with E-state index in [1.54, 1.807) is 11.3 Å². The van der Waals surface area contributed by atoms with Crippen molar-refractivity contribution in [2.75, 3.05) is 13.6 Å². The lowest BCUT2D eigenvalue weighted by molar-refractivity contribution is 0.0503. The minimum atomic E-state index is -0.0855. The first-order chi connectivity index (χ1) is 7.75. The first-order valence-electron chi connectivity index (χ1n) is 5.99. The molecular weight excluding hydrogens is 220 g/mol. The average molecular weight is 240 g/mol. The van der Waals surface area contributed by atoms with Gasteiger partial charge in [0.2, 0.25) is 0 Å². The zero-order valence-corrected chi connectivity index (χ0v) is 10.6. The predicted octanol–water partition coefficient (Wildman–Crippen LogP) is 2.13. The minimum Gasteiger partial charge on any atom is -0.393 e. The molecule has 0 aliphatic heterocycles. The Balaban J connectivity index is 1.79. The molecule has 0 bridgehead atoms. The molecule has 16 heavy (non-hydrogen) atoms. The third-order valence-electron chi connectivity index (χ3n) is 3.32. The number of rotatable bonds is 4. The summed E-state index contributed by atoms with van der Waals surface area (Å²) in [6, 6.07) is 0. The number of aliphatic hydroxyl groups excluding tert-OH is 1. The molecule has 3 nitrogen and oxygen atoms in total. The van der Waals surface area contributed by atoms with E-state index in [4.69, 9.17) is 0 Å². The zero-order valence-electron chi connectivity index (χ0n) is 9.80. The van der Waals surface area contributed by atoms with Crippen LogP contribution in [0, 0.1) is 5.92 Å². The molecule has 4 heteroatoms. The van der Waals surface area contributed by atoms with Crippen molar-refractivity contribution in [1.82, 2.24) is 9.88 Å². The lowest BCUT2D eigenvalue weighted by Crippen LogP contribution is -2.34. The van der Waals surface area contributed by atoms with Gasteiger partial charge >= 0.3 is 0 Å². The quantitative estimate of drug-likeness (QED) is 0.876. The monoisotopic (exact) mass is 240 g/mol. The van der Waals surface area contributed by atoms with Gasteiger partial charge in [-0.2, -0.15) is 0 Å². The van der Waals surface area contributed by atoms with Crippen molar-refractivity contribution >= 4 is 11.3 Å². The molecular formula is C12H20N2OS. The van der Waals surface area contributed by atoms with Gasteiger partial charge in [0.25, 0.3) is 0 Å². The highest BCUT2D eigenvalue weighted by Gasteiger charge is 2.24. The van der Waals surface area contributed by atoms with Crippen LogP contribution in [0.2, 0.25) is 0 Å². The first-order valence-corrected chi connectivity index (χ1v) is 6.87. The Kier molecular flexibility index (Phi) is 4.32. The van der Waals surface area contributed by atoms with Gasteiger partial charge in [0, 0.05) is 24.2 Å². The van der Waals surface area contributed by atoms with E-state index in [1.165, 1.54) is 24.1 Å². The third-order valence-corrected chi connectivity index (χ3v) is 4.09. The van der Waals surface area contributed by atoms with Gasteiger partial charge in [-0.05, 0) is 25.8 Å². The summed E-state index contributed by atoms with van der Waals surface area (Å²) >= 11 is 1.70. The minimum absolute atomic E-state index is 0.0855. The molecule has 0 aromatic carbocycles. The van der Waals surface area contributed by atoms with E-state index < -0.39 is 0 Å².